The zero-order chi connectivity index (χ0) is 20.6. The fourth-order valence-electron chi connectivity index (χ4n) is 3.90. The number of nitriles is 1. The summed E-state index contributed by atoms with van der Waals surface area (Å²) in [7, 11) is 0. The van der Waals surface area contributed by atoms with Gasteiger partial charge in [0.15, 0.2) is 0 Å². The van der Waals surface area contributed by atoms with Crippen molar-refractivity contribution in [3.8, 4) is 6.07 Å². The minimum absolute atomic E-state index is 0.159. The van der Waals surface area contributed by atoms with Gasteiger partial charge < -0.3 is 9.88 Å². The van der Waals surface area contributed by atoms with Gasteiger partial charge in [0.05, 0.1) is 47.1 Å². The maximum absolute atomic E-state index is 14.7. The highest BCUT2D eigenvalue weighted by Gasteiger charge is 2.46. The number of hydrogen-bond donors (Lipinski definition) is 2. The maximum atomic E-state index is 14.7. The van der Waals surface area contributed by atoms with Crippen molar-refractivity contribution in [3.63, 3.8) is 0 Å². The Balaban J connectivity index is 1.94. The van der Waals surface area contributed by atoms with Crippen LogP contribution in [0.3, 0.4) is 0 Å². The van der Waals surface area contributed by atoms with Crippen molar-refractivity contribution in [2.75, 3.05) is 0 Å². The quantitative estimate of drug-likeness (QED) is 0.606. The standard InChI is InChI=1S/C20H19F2N7/c1-12(28-24)9-25-11-18-27-16-10-26-15-5-4-13(8-23)7-14(15)19(16)29(18)17-3-2-6-20(17,21)22/h4-5,7,9-10,17,24-25H,2-3,6,11H2,1H3/b12-9-,28-24?. The predicted molar refractivity (Wildman–Crippen MR) is 103 cm³/mol. The molecule has 3 aromatic rings. The number of hydrogen-bond acceptors (Lipinski definition) is 6. The molecular formula is C20H19F2N7. The molecule has 2 N–H and O–H groups in total. The van der Waals surface area contributed by atoms with Crippen molar-refractivity contribution in [1.29, 1.82) is 10.8 Å². The Bertz CT molecular complexity index is 1170. The van der Waals surface area contributed by atoms with Gasteiger partial charge in [0.1, 0.15) is 11.3 Å². The molecule has 1 aromatic carbocycles. The Hall–Kier alpha value is -3.41. The molecule has 0 saturated heterocycles. The number of nitrogens with one attached hydrogen (secondary N) is 2. The number of pyridine rings is 1. The summed E-state index contributed by atoms with van der Waals surface area (Å²) in [5, 5.41) is 16.2. The summed E-state index contributed by atoms with van der Waals surface area (Å²) < 4.78 is 31.1. The molecule has 0 amide bonds. The Morgan fingerprint density at radius 1 is 1.48 bits per heavy atom. The molecule has 29 heavy (non-hydrogen) atoms. The van der Waals surface area contributed by atoms with Crippen LogP contribution < -0.4 is 5.32 Å². The molecule has 1 aliphatic rings. The number of imidazole rings is 1. The number of aromatic nitrogens is 3. The van der Waals surface area contributed by atoms with E-state index in [1.54, 1.807) is 42.1 Å². The first-order chi connectivity index (χ1) is 13.9. The van der Waals surface area contributed by atoms with E-state index in [4.69, 9.17) is 5.53 Å². The fourth-order valence-corrected chi connectivity index (χ4v) is 3.90. The van der Waals surface area contributed by atoms with Crippen molar-refractivity contribution in [3.05, 3.63) is 47.7 Å². The van der Waals surface area contributed by atoms with Crippen molar-refractivity contribution >= 4 is 21.9 Å². The minimum Gasteiger partial charge on any atom is -0.382 e. The van der Waals surface area contributed by atoms with Gasteiger partial charge in [-0.3, -0.25) is 4.98 Å². The third-order valence-corrected chi connectivity index (χ3v) is 5.25. The van der Waals surface area contributed by atoms with Crippen LogP contribution in [0.25, 0.3) is 21.9 Å². The van der Waals surface area contributed by atoms with E-state index < -0.39 is 12.0 Å². The highest BCUT2D eigenvalue weighted by Crippen LogP contribution is 2.46. The lowest BCUT2D eigenvalue weighted by atomic mass is 10.1. The van der Waals surface area contributed by atoms with E-state index in [0.717, 1.165) is 0 Å². The zero-order valence-electron chi connectivity index (χ0n) is 15.8. The first-order valence-electron chi connectivity index (χ1n) is 9.29. The third kappa shape index (κ3) is 3.31. The van der Waals surface area contributed by atoms with Gasteiger partial charge in [-0.25, -0.2) is 19.3 Å². The second kappa shape index (κ2) is 7.20. The molecule has 1 atom stereocenters. The number of nitrogens with zero attached hydrogens (tertiary/aromatic N) is 5. The number of allylic oxidation sites excluding steroid dienone is 1. The molecule has 0 radical (unpaired) electrons. The normalized spacial score (nSPS) is 18.8. The second-order valence-electron chi connectivity index (χ2n) is 7.18. The van der Waals surface area contributed by atoms with Gasteiger partial charge >= 0.3 is 0 Å². The summed E-state index contributed by atoms with van der Waals surface area (Å²) in [4.78, 5) is 8.95. The summed E-state index contributed by atoms with van der Waals surface area (Å²) in [6.07, 6.45) is 3.76. The smallest absolute Gasteiger partial charge is 0.268 e. The van der Waals surface area contributed by atoms with Crippen LogP contribution in [0, 0.1) is 16.9 Å². The van der Waals surface area contributed by atoms with Crippen LogP contribution in [0.2, 0.25) is 0 Å². The average Bonchev–Trinajstić information content (AvgIpc) is 3.25. The molecular weight excluding hydrogens is 376 g/mol. The topological polar surface area (TPSA) is 103 Å². The van der Waals surface area contributed by atoms with Crippen LogP contribution >= 0.6 is 0 Å². The van der Waals surface area contributed by atoms with Crippen LogP contribution in [-0.2, 0) is 6.54 Å². The van der Waals surface area contributed by atoms with Crippen molar-refractivity contribution < 1.29 is 8.78 Å². The zero-order valence-corrected chi connectivity index (χ0v) is 15.8. The second-order valence-corrected chi connectivity index (χ2v) is 7.18. The molecule has 1 fully saturated rings. The van der Waals surface area contributed by atoms with Gasteiger partial charge in [0.2, 0.25) is 0 Å². The number of halogens is 2. The van der Waals surface area contributed by atoms with E-state index in [0.29, 0.717) is 51.9 Å². The van der Waals surface area contributed by atoms with E-state index in [2.05, 4.69) is 26.5 Å². The summed E-state index contributed by atoms with van der Waals surface area (Å²) in [5.41, 5.74) is 9.61. The number of alkyl halides is 2. The average molecular weight is 395 g/mol. The van der Waals surface area contributed by atoms with Gasteiger partial charge in [-0.1, -0.05) is 0 Å². The Labute approximate surface area is 165 Å². The lowest BCUT2D eigenvalue weighted by Crippen LogP contribution is -2.27. The molecule has 2 aromatic heterocycles. The van der Waals surface area contributed by atoms with Crippen molar-refractivity contribution in [1.82, 2.24) is 19.9 Å². The molecule has 1 aliphatic carbocycles. The van der Waals surface area contributed by atoms with Gasteiger partial charge in [-0.15, -0.1) is 0 Å². The molecule has 0 bridgehead atoms. The Kier molecular flexibility index (Phi) is 4.70. The highest BCUT2D eigenvalue weighted by molar-refractivity contribution is 6.02. The summed E-state index contributed by atoms with van der Waals surface area (Å²) in [5.74, 6) is -2.38. The largest absolute Gasteiger partial charge is 0.382 e. The molecule has 2 heterocycles. The van der Waals surface area contributed by atoms with Crippen LogP contribution in [0.5, 0.6) is 0 Å². The first kappa shape index (κ1) is 18.9. The summed E-state index contributed by atoms with van der Waals surface area (Å²) in [6.45, 7) is 1.86. The minimum atomic E-state index is -2.84. The van der Waals surface area contributed by atoms with Gasteiger partial charge in [0, 0.05) is 18.0 Å². The number of benzene rings is 1. The van der Waals surface area contributed by atoms with Crippen LogP contribution in [-0.4, -0.2) is 20.5 Å². The van der Waals surface area contributed by atoms with E-state index in [1.165, 1.54) is 0 Å². The maximum Gasteiger partial charge on any atom is 0.268 e. The molecule has 0 aliphatic heterocycles. The van der Waals surface area contributed by atoms with Crippen LogP contribution in [0.15, 0.2) is 41.4 Å². The van der Waals surface area contributed by atoms with Crippen molar-refractivity contribution in [2.45, 2.75) is 44.7 Å². The Morgan fingerprint density at radius 2 is 2.31 bits per heavy atom. The molecule has 1 saturated carbocycles. The number of fused-ring (bicyclic) bond motifs is 3. The van der Waals surface area contributed by atoms with E-state index in [-0.39, 0.29) is 13.0 Å². The fraction of sp³-hybridized carbons (Fsp3) is 0.350. The van der Waals surface area contributed by atoms with Gasteiger partial charge in [-0.05, 0) is 38.0 Å². The third-order valence-electron chi connectivity index (χ3n) is 5.25. The van der Waals surface area contributed by atoms with E-state index in [9.17, 15) is 14.0 Å². The van der Waals surface area contributed by atoms with Crippen LogP contribution in [0.4, 0.5) is 8.78 Å². The van der Waals surface area contributed by atoms with E-state index in [1.807, 2.05) is 0 Å². The Morgan fingerprint density at radius 3 is 3.00 bits per heavy atom. The monoisotopic (exact) mass is 395 g/mol. The van der Waals surface area contributed by atoms with Gasteiger partial charge in [0.25, 0.3) is 5.92 Å². The van der Waals surface area contributed by atoms with E-state index >= 15 is 0 Å². The number of rotatable bonds is 5. The molecule has 7 nitrogen and oxygen atoms in total. The first-order valence-corrected chi connectivity index (χ1v) is 9.29. The lowest BCUT2D eigenvalue weighted by Gasteiger charge is -2.24. The predicted octanol–water partition coefficient (Wildman–Crippen LogP) is 4.80. The SMILES string of the molecule is C/C(=C/NCc1nc2cnc3ccc(C#N)cc3c2n1C1CCCC1(F)F)N=N. The highest BCUT2D eigenvalue weighted by atomic mass is 19.3. The molecule has 1 unspecified atom stereocenters. The summed E-state index contributed by atoms with van der Waals surface area (Å²) in [6, 6.07) is 6.14. The van der Waals surface area contributed by atoms with Crippen molar-refractivity contribution in [2.24, 2.45) is 5.11 Å². The van der Waals surface area contributed by atoms with Gasteiger partial charge in [-0.2, -0.15) is 10.4 Å². The summed E-state index contributed by atoms with van der Waals surface area (Å²) >= 11 is 0. The molecule has 0 spiro atoms. The van der Waals surface area contributed by atoms with Crippen LogP contribution in [0.1, 0.15) is 43.6 Å². The molecule has 4 rings (SSSR count). The lowest BCUT2D eigenvalue weighted by molar-refractivity contribution is -0.0302. The molecule has 9 heteroatoms. The molecule has 148 valence electrons.